The first kappa shape index (κ1) is 21.3. The number of alkyl halides is 6. The summed E-state index contributed by atoms with van der Waals surface area (Å²) in [4.78, 5) is 14.6. The predicted molar refractivity (Wildman–Crippen MR) is 79.0 cm³/mol. The summed E-state index contributed by atoms with van der Waals surface area (Å²) in [5.74, 6) is 0. The number of halogens is 6. The third-order valence-corrected chi connectivity index (χ3v) is 3.54. The van der Waals surface area contributed by atoms with Crippen LogP contribution in [0.5, 0.6) is 0 Å². The first-order valence-electron chi connectivity index (χ1n) is 7.54. The molecule has 0 atom stereocenters. The van der Waals surface area contributed by atoms with Crippen molar-refractivity contribution in [3.63, 3.8) is 0 Å². The van der Waals surface area contributed by atoms with Gasteiger partial charge in [-0.1, -0.05) is 24.3 Å². The first-order valence-corrected chi connectivity index (χ1v) is 7.54. The van der Waals surface area contributed by atoms with E-state index in [0.717, 1.165) is 10.5 Å². The highest BCUT2D eigenvalue weighted by Crippen LogP contribution is 2.36. The van der Waals surface area contributed by atoms with Crippen LogP contribution in [-0.4, -0.2) is 67.1 Å². The minimum Gasteiger partial charge on any atom is -0.426 e. The maximum absolute atomic E-state index is 12.5. The fourth-order valence-corrected chi connectivity index (χ4v) is 2.41. The van der Waals surface area contributed by atoms with E-state index in [1.165, 1.54) is 0 Å². The summed E-state index contributed by atoms with van der Waals surface area (Å²) in [7, 11) is 0. The summed E-state index contributed by atoms with van der Waals surface area (Å²) in [6.45, 7) is 6.91. The fourth-order valence-electron chi connectivity index (χ4n) is 2.41. The average Bonchev–Trinajstić information content (AvgIpc) is 2.68. The molecule has 0 aromatic heterocycles. The fraction of sp³-hybridized carbons (Fsp3) is 0.667. The van der Waals surface area contributed by atoms with E-state index in [2.05, 4.69) is 11.3 Å². The van der Waals surface area contributed by atoms with Gasteiger partial charge in [0.1, 0.15) is 0 Å². The summed E-state index contributed by atoms with van der Waals surface area (Å²) in [6, 6.07) is 0. The number of amides is 1. The van der Waals surface area contributed by atoms with Crippen molar-refractivity contribution < 1.29 is 35.9 Å². The standard InChI is InChI=1S/C15H20F6N2O2/c1-3-5-11(2)10-22-6-4-7-23(9-8-22)13(24)25-12(14(16,17)18)15(19,20)21/h3,5,12H,1,4,6-10H2,2H3/b11-5+. The lowest BCUT2D eigenvalue weighted by molar-refractivity contribution is -0.308. The monoisotopic (exact) mass is 374 g/mol. The van der Waals surface area contributed by atoms with Gasteiger partial charge in [0.2, 0.25) is 0 Å². The van der Waals surface area contributed by atoms with Gasteiger partial charge in [-0.3, -0.25) is 4.90 Å². The van der Waals surface area contributed by atoms with Crippen LogP contribution in [0.4, 0.5) is 31.1 Å². The van der Waals surface area contributed by atoms with Gasteiger partial charge in [-0.2, -0.15) is 26.3 Å². The van der Waals surface area contributed by atoms with E-state index in [0.29, 0.717) is 26.1 Å². The third-order valence-electron chi connectivity index (χ3n) is 3.54. The van der Waals surface area contributed by atoms with E-state index in [-0.39, 0.29) is 13.1 Å². The minimum absolute atomic E-state index is 0.0113. The Hall–Kier alpha value is -1.71. The summed E-state index contributed by atoms with van der Waals surface area (Å²) in [5.41, 5.74) is 1.00. The first-order chi connectivity index (χ1) is 11.4. The van der Waals surface area contributed by atoms with E-state index in [1.807, 2.05) is 11.8 Å². The van der Waals surface area contributed by atoms with Crippen molar-refractivity contribution in [1.82, 2.24) is 9.80 Å². The van der Waals surface area contributed by atoms with Crippen molar-refractivity contribution >= 4 is 6.09 Å². The lowest BCUT2D eigenvalue weighted by Crippen LogP contribution is -2.48. The number of hydrogen-bond donors (Lipinski definition) is 0. The molecule has 0 N–H and O–H groups in total. The van der Waals surface area contributed by atoms with Crippen molar-refractivity contribution in [3.8, 4) is 0 Å². The number of ether oxygens (including phenoxy) is 1. The molecule has 0 saturated carbocycles. The van der Waals surface area contributed by atoms with Crippen molar-refractivity contribution in [3.05, 3.63) is 24.3 Å². The van der Waals surface area contributed by atoms with Gasteiger partial charge in [0.05, 0.1) is 0 Å². The van der Waals surface area contributed by atoms with Crippen LogP contribution < -0.4 is 0 Å². The molecular formula is C15H20F6N2O2. The maximum Gasteiger partial charge on any atom is 0.434 e. The van der Waals surface area contributed by atoms with Gasteiger partial charge in [-0.05, 0) is 13.3 Å². The van der Waals surface area contributed by atoms with Gasteiger partial charge in [0.25, 0.3) is 6.10 Å². The third kappa shape index (κ3) is 6.97. The topological polar surface area (TPSA) is 32.8 Å². The molecule has 0 aromatic rings. The number of carbonyl (C=O) groups excluding carboxylic acids is 1. The molecular weight excluding hydrogens is 354 g/mol. The van der Waals surface area contributed by atoms with Crippen molar-refractivity contribution in [2.45, 2.75) is 31.8 Å². The number of nitrogens with zero attached hydrogens (tertiary/aromatic N) is 2. The summed E-state index contributed by atoms with van der Waals surface area (Å²) in [5, 5.41) is 0. The molecule has 10 heteroatoms. The molecule has 25 heavy (non-hydrogen) atoms. The van der Waals surface area contributed by atoms with Crippen molar-refractivity contribution in [1.29, 1.82) is 0 Å². The molecule has 4 nitrogen and oxygen atoms in total. The summed E-state index contributed by atoms with van der Waals surface area (Å²) in [6.07, 6.45) is -13.3. The lowest BCUT2D eigenvalue weighted by Gasteiger charge is -2.27. The molecule has 1 aliphatic rings. The molecule has 1 rings (SSSR count). The zero-order chi connectivity index (χ0) is 19.3. The van der Waals surface area contributed by atoms with Crippen LogP contribution in [0.25, 0.3) is 0 Å². The summed E-state index contributed by atoms with van der Waals surface area (Å²) < 4.78 is 78.5. The quantitative estimate of drug-likeness (QED) is 0.555. The number of rotatable bonds is 4. The Kier molecular flexibility index (Phi) is 7.33. The van der Waals surface area contributed by atoms with Crippen LogP contribution >= 0.6 is 0 Å². The van der Waals surface area contributed by atoms with E-state index in [1.54, 1.807) is 12.2 Å². The predicted octanol–water partition coefficient (Wildman–Crippen LogP) is 3.76. The van der Waals surface area contributed by atoms with Gasteiger partial charge in [-0.15, -0.1) is 0 Å². The maximum atomic E-state index is 12.5. The van der Waals surface area contributed by atoms with Crippen molar-refractivity contribution in [2.75, 3.05) is 32.7 Å². The Morgan fingerprint density at radius 2 is 1.72 bits per heavy atom. The molecule has 0 spiro atoms. The van der Waals surface area contributed by atoms with Gasteiger partial charge in [0, 0.05) is 32.7 Å². The molecule has 0 aliphatic carbocycles. The largest absolute Gasteiger partial charge is 0.434 e. The summed E-state index contributed by atoms with van der Waals surface area (Å²) >= 11 is 0. The van der Waals surface area contributed by atoms with E-state index < -0.39 is 24.5 Å². The zero-order valence-electron chi connectivity index (χ0n) is 13.7. The second-order valence-corrected chi connectivity index (χ2v) is 5.71. The van der Waals surface area contributed by atoms with Crippen molar-refractivity contribution in [2.24, 2.45) is 0 Å². The van der Waals surface area contributed by atoms with Gasteiger partial charge in [-0.25, -0.2) is 4.79 Å². The molecule has 0 aromatic carbocycles. The van der Waals surface area contributed by atoms with Crippen LogP contribution in [0.15, 0.2) is 24.3 Å². The second kappa shape index (κ2) is 8.59. The van der Waals surface area contributed by atoms with Crippen LogP contribution in [0.1, 0.15) is 13.3 Å². The smallest absolute Gasteiger partial charge is 0.426 e. The zero-order valence-corrected chi connectivity index (χ0v) is 13.7. The number of hydrogen-bond acceptors (Lipinski definition) is 3. The van der Waals surface area contributed by atoms with E-state index in [4.69, 9.17) is 0 Å². The van der Waals surface area contributed by atoms with Gasteiger partial charge in [0.15, 0.2) is 0 Å². The molecule has 144 valence electrons. The van der Waals surface area contributed by atoms with Crippen LogP contribution in [0.2, 0.25) is 0 Å². The normalized spacial score (nSPS) is 18.2. The highest BCUT2D eigenvalue weighted by atomic mass is 19.4. The Labute approximate surface area is 141 Å². The van der Waals surface area contributed by atoms with Crippen LogP contribution in [0, 0.1) is 0 Å². The van der Waals surface area contributed by atoms with E-state index >= 15 is 0 Å². The average molecular weight is 374 g/mol. The number of allylic oxidation sites excluding steroid dienone is 2. The molecule has 0 bridgehead atoms. The van der Waals surface area contributed by atoms with Gasteiger partial charge < -0.3 is 9.64 Å². The molecule has 1 fully saturated rings. The van der Waals surface area contributed by atoms with Gasteiger partial charge >= 0.3 is 18.4 Å². The second-order valence-electron chi connectivity index (χ2n) is 5.71. The lowest BCUT2D eigenvalue weighted by atomic mass is 10.2. The number of carbonyl (C=O) groups is 1. The SMILES string of the molecule is C=C/C=C(\C)CN1CCCN(C(=O)OC(C(F)(F)F)C(F)(F)F)CC1. The molecule has 0 unspecified atom stereocenters. The Bertz CT molecular complexity index is 487. The van der Waals surface area contributed by atoms with Crippen LogP contribution in [-0.2, 0) is 4.74 Å². The highest BCUT2D eigenvalue weighted by molar-refractivity contribution is 5.68. The molecule has 1 heterocycles. The van der Waals surface area contributed by atoms with E-state index in [9.17, 15) is 31.1 Å². The highest BCUT2D eigenvalue weighted by Gasteiger charge is 2.60. The molecule has 1 aliphatic heterocycles. The molecule has 1 saturated heterocycles. The van der Waals surface area contributed by atoms with Crippen LogP contribution in [0.3, 0.4) is 0 Å². The Morgan fingerprint density at radius 1 is 1.12 bits per heavy atom. The minimum atomic E-state index is -5.71. The Balaban J connectivity index is 2.68. The molecule has 0 radical (unpaired) electrons. The Morgan fingerprint density at radius 3 is 2.24 bits per heavy atom. The molecule has 1 amide bonds.